The van der Waals surface area contributed by atoms with Gasteiger partial charge in [-0.05, 0) is 12.1 Å². The van der Waals surface area contributed by atoms with Gasteiger partial charge >= 0.3 is 0 Å². The maximum atomic E-state index is 5.15. The van der Waals surface area contributed by atoms with Gasteiger partial charge in [0, 0.05) is 12.1 Å². The summed E-state index contributed by atoms with van der Waals surface area (Å²) in [6.45, 7) is 0.630. The van der Waals surface area contributed by atoms with Crippen LogP contribution in [0.4, 0.5) is 0 Å². The molecular weight excluding hydrogens is 162 g/mol. The Morgan fingerprint density at radius 2 is 2.23 bits per heavy atom. The Morgan fingerprint density at radius 1 is 1.38 bits per heavy atom. The number of nitrogens with zero attached hydrogens (tertiary/aromatic N) is 1. The molecular formula is C11H11NO. The zero-order chi connectivity index (χ0) is 8.93. The lowest BCUT2D eigenvalue weighted by atomic mass is 10.2. The topological polar surface area (TPSA) is 25.5 Å². The fourth-order valence-electron chi connectivity index (χ4n) is 1.22. The Balaban J connectivity index is 1.85. The number of hydrogen-bond acceptors (Lipinski definition) is 2. The monoisotopic (exact) mass is 173 g/mol. The summed E-state index contributed by atoms with van der Waals surface area (Å²) in [7, 11) is 0. The zero-order valence-corrected chi connectivity index (χ0v) is 7.26. The van der Waals surface area contributed by atoms with Crippen LogP contribution in [0.15, 0.2) is 52.1 Å². The maximum absolute atomic E-state index is 5.15. The minimum absolute atomic E-state index is 0.370. The van der Waals surface area contributed by atoms with Gasteiger partial charge in [-0.15, -0.1) is 0 Å². The SMILES string of the molecule is C1=CC(C=NCc2ccco2)C=C1. The molecule has 0 spiro atoms. The summed E-state index contributed by atoms with van der Waals surface area (Å²) < 4.78 is 5.15. The molecule has 0 amide bonds. The Labute approximate surface area is 77.3 Å². The van der Waals surface area contributed by atoms with E-state index in [1.54, 1.807) is 6.26 Å². The first-order chi connectivity index (χ1) is 6.45. The highest BCUT2D eigenvalue weighted by molar-refractivity contribution is 5.67. The molecule has 0 fully saturated rings. The number of aliphatic imine (C=N–C) groups is 1. The van der Waals surface area contributed by atoms with Crippen molar-refractivity contribution in [2.75, 3.05) is 0 Å². The highest BCUT2D eigenvalue weighted by Gasteiger charge is 1.98. The second-order valence-electron chi connectivity index (χ2n) is 2.92. The summed E-state index contributed by atoms with van der Waals surface area (Å²) in [5, 5.41) is 0. The first-order valence-corrected chi connectivity index (χ1v) is 4.32. The molecule has 66 valence electrons. The molecule has 0 radical (unpaired) electrons. The lowest BCUT2D eigenvalue weighted by molar-refractivity contribution is 0.513. The second-order valence-corrected chi connectivity index (χ2v) is 2.92. The number of furan rings is 1. The first-order valence-electron chi connectivity index (χ1n) is 4.32. The molecule has 2 heteroatoms. The van der Waals surface area contributed by atoms with Crippen molar-refractivity contribution in [3.05, 3.63) is 48.5 Å². The van der Waals surface area contributed by atoms with Crippen molar-refractivity contribution < 1.29 is 4.42 Å². The van der Waals surface area contributed by atoms with Crippen molar-refractivity contribution in [2.24, 2.45) is 10.9 Å². The first kappa shape index (κ1) is 8.05. The summed E-state index contributed by atoms with van der Waals surface area (Å²) in [5.74, 6) is 1.28. The zero-order valence-electron chi connectivity index (χ0n) is 7.26. The summed E-state index contributed by atoms with van der Waals surface area (Å²) in [4.78, 5) is 4.27. The van der Waals surface area contributed by atoms with Gasteiger partial charge in [0.05, 0.1) is 12.8 Å². The lowest BCUT2D eigenvalue weighted by Crippen LogP contribution is -1.90. The maximum Gasteiger partial charge on any atom is 0.125 e. The van der Waals surface area contributed by atoms with Crippen LogP contribution >= 0.6 is 0 Å². The Morgan fingerprint density at radius 3 is 2.92 bits per heavy atom. The van der Waals surface area contributed by atoms with Crippen molar-refractivity contribution in [2.45, 2.75) is 6.54 Å². The van der Waals surface area contributed by atoms with E-state index in [0.29, 0.717) is 12.5 Å². The quantitative estimate of drug-likeness (QED) is 0.645. The molecule has 0 N–H and O–H groups in total. The van der Waals surface area contributed by atoms with Gasteiger partial charge in [-0.2, -0.15) is 0 Å². The molecule has 0 unspecified atom stereocenters. The largest absolute Gasteiger partial charge is 0.467 e. The summed E-state index contributed by atoms with van der Waals surface area (Å²) in [6.07, 6.45) is 11.9. The van der Waals surface area contributed by atoms with Crippen molar-refractivity contribution in [3.8, 4) is 0 Å². The molecule has 0 saturated heterocycles. The van der Waals surface area contributed by atoms with E-state index >= 15 is 0 Å². The molecule has 1 aromatic heterocycles. The third-order valence-corrected chi connectivity index (χ3v) is 1.88. The highest BCUT2D eigenvalue weighted by atomic mass is 16.3. The van der Waals surface area contributed by atoms with E-state index in [2.05, 4.69) is 17.1 Å². The van der Waals surface area contributed by atoms with E-state index in [1.807, 2.05) is 30.5 Å². The minimum atomic E-state index is 0.370. The third kappa shape index (κ3) is 2.18. The van der Waals surface area contributed by atoms with Crippen LogP contribution in [-0.2, 0) is 6.54 Å². The van der Waals surface area contributed by atoms with E-state index in [-0.39, 0.29) is 0 Å². The predicted octanol–water partition coefficient (Wildman–Crippen LogP) is 2.59. The van der Waals surface area contributed by atoms with Crippen LogP contribution in [0, 0.1) is 5.92 Å². The van der Waals surface area contributed by atoms with E-state index in [9.17, 15) is 0 Å². The summed E-state index contributed by atoms with van der Waals surface area (Å²) >= 11 is 0. The van der Waals surface area contributed by atoms with Crippen LogP contribution in [0.2, 0.25) is 0 Å². The average Bonchev–Trinajstić information content (AvgIpc) is 2.75. The van der Waals surface area contributed by atoms with Crippen molar-refractivity contribution in [3.63, 3.8) is 0 Å². The standard InChI is InChI=1S/C11H11NO/c1-2-5-10(4-1)8-12-9-11-6-3-7-13-11/h1-8,10H,9H2. The summed E-state index contributed by atoms with van der Waals surface area (Å²) in [5.41, 5.74) is 0. The van der Waals surface area contributed by atoms with E-state index in [4.69, 9.17) is 4.42 Å². The van der Waals surface area contributed by atoms with Gasteiger partial charge in [0.1, 0.15) is 5.76 Å². The van der Waals surface area contributed by atoms with Gasteiger partial charge in [-0.1, -0.05) is 24.3 Å². The predicted molar refractivity (Wildman–Crippen MR) is 52.7 cm³/mol. The van der Waals surface area contributed by atoms with Crippen LogP contribution in [0.1, 0.15) is 5.76 Å². The van der Waals surface area contributed by atoms with Crippen LogP contribution in [0.3, 0.4) is 0 Å². The van der Waals surface area contributed by atoms with Crippen LogP contribution in [-0.4, -0.2) is 6.21 Å². The van der Waals surface area contributed by atoms with Crippen molar-refractivity contribution >= 4 is 6.21 Å². The molecule has 0 aromatic carbocycles. The number of hydrogen-bond donors (Lipinski definition) is 0. The average molecular weight is 173 g/mol. The van der Waals surface area contributed by atoms with Gasteiger partial charge in [0.25, 0.3) is 0 Å². The highest BCUT2D eigenvalue weighted by Crippen LogP contribution is 2.07. The Kier molecular flexibility index (Phi) is 2.41. The summed E-state index contributed by atoms with van der Waals surface area (Å²) in [6, 6.07) is 3.80. The molecule has 1 heterocycles. The van der Waals surface area contributed by atoms with Crippen LogP contribution in [0.5, 0.6) is 0 Å². The fourth-order valence-corrected chi connectivity index (χ4v) is 1.22. The van der Waals surface area contributed by atoms with Gasteiger partial charge in [-0.25, -0.2) is 0 Å². The normalized spacial score (nSPS) is 16.3. The molecule has 0 atom stereocenters. The smallest absolute Gasteiger partial charge is 0.125 e. The van der Waals surface area contributed by atoms with Gasteiger partial charge in [0.15, 0.2) is 0 Å². The van der Waals surface area contributed by atoms with E-state index < -0.39 is 0 Å². The molecule has 1 aromatic rings. The van der Waals surface area contributed by atoms with E-state index in [0.717, 1.165) is 5.76 Å². The molecule has 2 nitrogen and oxygen atoms in total. The molecule has 0 aliphatic heterocycles. The van der Waals surface area contributed by atoms with Crippen LogP contribution in [0.25, 0.3) is 0 Å². The van der Waals surface area contributed by atoms with Gasteiger partial charge < -0.3 is 4.42 Å². The van der Waals surface area contributed by atoms with Crippen molar-refractivity contribution in [1.82, 2.24) is 0 Å². The van der Waals surface area contributed by atoms with E-state index in [1.165, 1.54) is 0 Å². The molecule has 1 aliphatic carbocycles. The number of allylic oxidation sites excluding steroid dienone is 4. The molecule has 1 aliphatic rings. The van der Waals surface area contributed by atoms with Gasteiger partial charge in [-0.3, -0.25) is 4.99 Å². The minimum Gasteiger partial charge on any atom is -0.467 e. The van der Waals surface area contributed by atoms with Gasteiger partial charge in [0.2, 0.25) is 0 Å². The molecule has 0 saturated carbocycles. The fraction of sp³-hybridized carbons (Fsp3) is 0.182. The second kappa shape index (κ2) is 3.90. The lowest BCUT2D eigenvalue weighted by Gasteiger charge is -1.93. The van der Waals surface area contributed by atoms with Crippen LogP contribution < -0.4 is 0 Å². The Bertz CT molecular complexity index is 321. The Hall–Kier alpha value is -1.57. The molecule has 0 bridgehead atoms. The number of rotatable bonds is 3. The third-order valence-electron chi connectivity index (χ3n) is 1.88. The molecule has 2 rings (SSSR count). The molecule has 13 heavy (non-hydrogen) atoms. The van der Waals surface area contributed by atoms with Crippen molar-refractivity contribution in [1.29, 1.82) is 0 Å².